The molecule has 196 valence electrons. The Morgan fingerprint density at radius 3 is 2.39 bits per heavy atom. The average molecular weight is 599 g/mol. The van der Waals surface area contributed by atoms with Crippen molar-refractivity contribution in [1.29, 1.82) is 0 Å². The molecule has 1 aliphatic rings. The van der Waals surface area contributed by atoms with Crippen LogP contribution in [0.25, 0.3) is 22.3 Å². The van der Waals surface area contributed by atoms with Gasteiger partial charge in [0.15, 0.2) is 5.78 Å². The van der Waals surface area contributed by atoms with Crippen LogP contribution < -0.4 is 9.62 Å². The summed E-state index contributed by atoms with van der Waals surface area (Å²) in [6.45, 7) is -0.402. The molecule has 0 unspecified atom stereocenters. The van der Waals surface area contributed by atoms with Gasteiger partial charge in [0, 0.05) is 34.1 Å². The quantitative estimate of drug-likeness (QED) is 0.255. The van der Waals surface area contributed by atoms with Gasteiger partial charge in [0.1, 0.15) is 17.2 Å². The van der Waals surface area contributed by atoms with E-state index in [1.807, 2.05) is 0 Å². The maximum absolute atomic E-state index is 13.6. The number of nitrogens with one attached hydrogen (secondary N) is 1. The van der Waals surface area contributed by atoms with E-state index in [0.29, 0.717) is 26.7 Å². The highest BCUT2D eigenvalue weighted by Gasteiger charge is 2.34. The second kappa shape index (κ2) is 9.99. The number of furan rings is 1. The van der Waals surface area contributed by atoms with Gasteiger partial charge in [0.25, 0.3) is 5.91 Å². The first kappa shape index (κ1) is 26.1. The summed E-state index contributed by atoms with van der Waals surface area (Å²) < 4.78 is 47.4. The van der Waals surface area contributed by atoms with Crippen LogP contribution in [0.1, 0.15) is 45.0 Å². The number of fused-ring (bicyclic) bond motifs is 1. The topological polar surface area (TPSA) is 96.7 Å². The predicted molar refractivity (Wildman–Crippen MR) is 148 cm³/mol. The molecule has 10 heteroatoms. The smallest absolute Gasteiger partial charge is 0.255 e. The summed E-state index contributed by atoms with van der Waals surface area (Å²) in [5, 5.41) is 3.14. The number of benzene rings is 3. The van der Waals surface area contributed by atoms with Gasteiger partial charge >= 0.3 is 0 Å². The zero-order valence-electron chi connectivity index (χ0n) is 20.6. The summed E-state index contributed by atoms with van der Waals surface area (Å²) in [4.78, 5) is 26.2. The third-order valence-electron chi connectivity index (χ3n) is 6.55. The maximum Gasteiger partial charge on any atom is 0.255 e. The standard InChI is InChI=1S/C28H24BrFN2O5S/c1-31-28(34)26-21-13-20(16-7-8-16)23(14-25(21)37-27(26)17-9-11-18(30)12-10-17)32(38(2,35)36)15-24(33)19-5-3-4-6-22(19)29/h3-6,9-14,16H,7-8,15H2,1-2H3,(H,31,34). The van der Waals surface area contributed by atoms with Crippen LogP contribution in [-0.4, -0.2) is 40.0 Å². The normalized spacial score (nSPS) is 13.5. The van der Waals surface area contributed by atoms with Crippen LogP contribution >= 0.6 is 15.9 Å². The van der Waals surface area contributed by atoms with Crippen LogP contribution in [0.3, 0.4) is 0 Å². The first-order chi connectivity index (χ1) is 18.1. The zero-order valence-corrected chi connectivity index (χ0v) is 23.0. The lowest BCUT2D eigenvalue weighted by molar-refractivity contribution is 0.0963. The number of ketones is 1. The Morgan fingerprint density at radius 1 is 1.11 bits per heavy atom. The minimum absolute atomic E-state index is 0.0823. The Balaban J connectivity index is 1.70. The van der Waals surface area contributed by atoms with Gasteiger partial charge in [0.2, 0.25) is 10.0 Å². The molecule has 0 radical (unpaired) electrons. The molecule has 1 amide bonds. The fourth-order valence-corrected chi connectivity index (χ4v) is 5.90. The van der Waals surface area contributed by atoms with Crippen molar-refractivity contribution in [2.24, 2.45) is 0 Å². The van der Waals surface area contributed by atoms with Crippen LogP contribution in [-0.2, 0) is 10.0 Å². The number of halogens is 2. The average Bonchev–Trinajstić information content (AvgIpc) is 3.66. The van der Waals surface area contributed by atoms with E-state index in [4.69, 9.17) is 4.42 Å². The lowest BCUT2D eigenvalue weighted by atomic mass is 10.00. The minimum Gasteiger partial charge on any atom is -0.455 e. The highest BCUT2D eigenvalue weighted by atomic mass is 79.9. The predicted octanol–water partition coefficient (Wildman–Crippen LogP) is 5.89. The van der Waals surface area contributed by atoms with Gasteiger partial charge in [-0.3, -0.25) is 13.9 Å². The van der Waals surface area contributed by atoms with Gasteiger partial charge in [-0.15, -0.1) is 0 Å². The molecule has 5 rings (SSSR count). The molecule has 0 aliphatic heterocycles. The summed E-state index contributed by atoms with van der Waals surface area (Å²) in [5.41, 5.74) is 2.49. The van der Waals surface area contributed by atoms with Crippen LogP contribution in [0, 0.1) is 5.82 Å². The number of anilines is 1. The molecule has 1 N–H and O–H groups in total. The second-order valence-corrected chi connectivity index (χ2v) is 12.0. The first-order valence-electron chi connectivity index (χ1n) is 11.9. The third kappa shape index (κ3) is 4.98. The van der Waals surface area contributed by atoms with Gasteiger partial charge in [0.05, 0.1) is 24.1 Å². The zero-order chi connectivity index (χ0) is 27.2. The highest BCUT2D eigenvalue weighted by molar-refractivity contribution is 9.10. The molecule has 38 heavy (non-hydrogen) atoms. The lowest BCUT2D eigenvalue weighted by Gasteiger charge is -2.25. The Hall–Kier alpha value is -3.50. The van der Waals surface area contributed by atoms with Crippen molar-refractivity contribution in [3.05, 3.63) is 87.6 Å². The van der Waals surface area contributed by atoms with Crippen LogP contribution in [0.2, 0.25) is 0 Å². The number of carbonyl (C=O) groups excluding carboxylic acids is 2. The van der Waals surface area contributed by atoms with Crippen LogP contribution in [0.5, 0.6) is 0 Å². The Morgan fingerprint density at radius 2 is 1.79 bits per heavy atom. The van der Waals surface area contributed by atoms with Crippen LogP contribution in [0.15, 0.2) is 69.6 Å². The van der Waals surface area contributed by atoms with E-state index in [2.05, 4.69) is 21.2 Å². The van der Waals surface area contributed by atoms with Crippen molar-refractivity contribution in [1.82, 2.24) is 5.32 Å². The number of rotatable bonds is 8. The van der Waals surface area contributed by atoms with Crippen molar-refractivity contribution < 1.29 is 26.8 Å². The molecule has 0 bridgehead atoms. The summed E-state index contributed by atoms with van der Waals surface area (Å²) in [7, 11) is -2.37. The largest absolute Gasteiger partial charge is 0.455 e. The van der Waals surface area contributed by atoms with E-state index in [0.717, 1.165) is 29.0 Å². The molecule has 1 aliphatic carbocycles. The molecular formula is C28H24BrFN2O5S. The SMILES string of the molecule is CNC(=O)c1c(-c2ccc(F)cc2)oc2cc(N(CC(=O)c3ccccc3Br)S(C)(=O)=O)c(C3CC3)cc12. The van der Waals surface area contributed by atoms with E-state index >= 15 is 0 Å². The van der Waals surface area contributed by atoms with E-state index < -0.39 is 22.4 Å². The number of nitrogens with zero attached hydrogens (tertiary/aromatic N) is 1. The van der Waals surface area contributed by atoms with Crippen molar-refractivity contribution in [2.75, 3.05) is 24.2 Å². The number of Topliss-reactive ketones (excluding diaryl/α,β-unsaturated/α-hetero) is 1. The molecule has 0 atom stereocenters. The molecule has 0 saturated heterocycles. The molecule has 3 aromatic carbocycles. The van der Waals surface area contributed by atoms with Crippen molar-refractivity contribution >= 4 is 54.3 Å². The van der Waals surface area contributed by atoms with E-state index in [1.54, 1.807) is 36.4 Å². The van der Waals surface area contributed by atoms with E-state index in [-0.39, 0.29) is 34.5 Å². The molecule has 4 aromatic rings. The molecule has 0 spiro atoms. The van der Waals surface area contributed by atoms with Gasteiger partial charge in [-0.1, -0.05) is 34.1 Å². The number of hydrogen-bond acceptors (Lipinski definition) is 5. The monoisotopic (exact) mass is 598 g/mol. The first-order valence-corrected chi connectivity index (χ1v) is 14.6. The molecule has 1 aromatic heterocycles. The lowest BCUT2D eigenvalue weighted by Crippen LogP contribution is -2.35. The summed E-state index contributed by atoms with van der Waals surface area (Å²) in [5.74, 6) is -0.862. The Bertz CT molecular complexity index is 1680. The molecule has 1 saturated carbocycles. The maximum atomic E-state index is 13.6. The van der Waals surface area contributed by atoms with Gasteiger partial charge in [-0.2, -0.15) is 0 Å². The molecular weight excluding hydrogens is 575 g/mol. The van der Waals surface area contributed by atoms with Crippen molar-refractivity contribution in [3.63, 3.8) is 0 Å². The van der Waals surface area contributed by atoms with E-state index in [9.17, 15) is 22.4 Å². The molecule has 7 nitrogen and oxygen atoms in total. The fraction of sp³-hybridized carbons (Fsp3) is 0.214. The summed E-state index contributed by atoms with van der Waals surface area (Å²) in [6.07, 6.45) is 2.77. The van der Waals surface area contributed by atoms with Gasteiger partial charge in [-0.05, 0) is 60.7 Å². The van der Waals surface area contributed by atoms with E-state index in [1.165, 1.54) is 31.3 Å². The number of carbonyl (C=O) groups is 2. The van der Waals surface area contributed by atoms with Crippen molar-refractivity contribution in [2.45, 2.75) is 18.8 Å². The van der Waals surface area contributed by atoms with Gasteiger partial charge in [-0.25, -0.2) is 12.8 Å². The molecule has 1 heterocycles. The fourth-order valence-electron chi connectivity index (χ4n) is 4.53. The Kier molecular flexibility index (Phi) is 6.87. The Labute approximate surface area is 227 Å². The summed E-state index contributed by atoms with van der Waals surface area (Å²) >= 11 is 3.37. The van der Waals surface area contributed by atoms with Crippen LogP contribution in [0.4, 0.5) is 10.1 Å². The number of hydrogen-bond donors (Lipinski definition) is 1. The minimum atomic E-state index is -3.88. The summed E-state index contributed by atoms with van der Waals surface area (Å²) in [6, 6.07) is 15.8. The second-order valence-electron chi connectivity index (χ2n) is 9.25. The van der Waals surface area contributed by atoms with Gasteiger partial charge < -0.3 is 9.73 Å². The number of amides is 1. The van der Waals surface area contributed by atoms with Crippen molar-refractivity contribution in [3.8, 4) is 11.3 Å². The number of sulfonamides is 1. The third-order valence-corrected chi connectivity index (χ3v) is 8.36. The highest BCUT2D eigenvalue weighted by Crippen LogP contribution is 2.48. The molecule has 1 fully saturated rings.